The molecular weight excluding hydrogens is 576 g/mol. The Labute approximate surface area is 252 Å². The van der Waals surface area contributed by atoms with E-state index >= 15 is 0 Å². The van der Waals surface area contributed by atoms with Crippen molar-refractivity contribution in [2.75, 3.05) is 71.3 Å². The molecule has 1 fully saturated rings. The normalized spacial score (nSPS) is 14.9. The maximum atomic E-state index is 13.2. The number of carbonyl (C=O) groups excluding carboxylic acids is 3. The van der Waals surface area contributed by atoms with Gasteiger partial charge in [-0.1, -0.05) is 11.3 Å². The molecule has 0 aliphatic carbocycles. The summed E-state index contributed by atoms with van der Waals surface area (Å²) in [5.41, 5.74) is 6.11. The summed E-state index contributed by atoms with van der Waals surface area (Å²) in [7, 11) is 0. The molecule has 4 rings (SSSR count). The second-order valence-electron chi connectivity index (χ2n) is 9.62. The highest BCUT2D eigenvalue weighted by Gasteiger charge is 2.30. The molecule has 3 aromatic rings. The van der Waals surface area contributed by atoms with Gasteiger partial charge < -0.3 is 34.7 Å². The molecule has 0 spiro atoms. The number of imide groups is 1. The van der Waals surface area contributed by atoms with Crippen molar-refractivity contribution in [3.8, 4) is 5.75 Å². The van der Waals surface area contributed by atoms with Gasteiger partial charge in [0.15, 0.2) is 0 Å². The van der Waals surface area contributed by atoms with Gasteiger partial charge in [0.25, 0.3) is 11.5 Å². The van der Waals surface area contributed by atoms with Gasteiger partial charge in [0.2, 0.25) is 11.8 Å². The maximum absolute atomic E-state index is 13.2. The molecule has 0 bridgehead atoms. The lowest BCUT2D eigenvalue weighted by Crippen LogP contribution is -2.45. The van der Waals surface area contributed by atoms with Gasteiger partial charge in [0.05, 0.1) is 58.2 Å². The average Bonchev–Trinajstić information content (AvgIpc) is 3.01. The first-order chi connectivity index (χ1) is 21.4. The standard InChI is InChI=1S/C29H36N6O9/c30-27(37)20-4-6-21(7-5-20)44-19-18-43-17-16-42-15-14-41-13-12-40-11-10-31-22-2-1-3-23-26(22)29(39)35(34-33-23)24-8-9-25(36)32-28(24)38/h1-7,24,31H,8-19H2,(H2,30,37)(H,32,36,38). The number of fused-ring (bicyclic) bond motifs is 1. The van der Waals surface area contributed by atoms with Gasteiger partial charge in [-0.3, -0.25) is 24.5 Å². The summed E-state index contributed by atoms with van der Waals surface area (Å²) < 4.78 is 28.6. The second kappa shape index (κ2) is 17.0. The summed E-state index contributed by atoms with van der Waals surface area (Å²) in [5, 5.41) is 13.7. The highest BCUT2D eigenvalue weighted by atomic mass is 16.6. The van der Waals surface area contributed by atoms with Crippen molar-refractivity contribution in [1.29, 1.82) is 0 Å². The first-order valence-electron chi connectivity index (χ1n) is 14.2. The number of amides is 3. The fraction of sp³-hybridized carbons (Fsp3) is 0.448. The predicted molar refractivity (Wildman–Crippen MR) is 157 cm³/mol. The Kier molecular flexibility index (Phi) is 12.6. The summed E-state index contributed by atoms with van der Waals surface area (Å²) in [6, 6.07) is 10.9. The van der Waals surface area contributed by atoms with E-state index < -0.39 is 23.4 Å². The third kappa shape index (κ3) is 9.54. The first-order valence-corrected chi connectivity index (χ1v) is 14.2. The largest absolute Gasteiger partial charge is 0.491 e. The Bertz CT molecular complexity index is 1460. The quantitative estimate of drug-likeness (QED) is 0.125. The Balaban J connectivity index is 1.02. The van der Waals surface area contributed by atoms with Crippen LogP contribution in [0.25, 0.3) is 10.9 Å². The van der Waals surface area contributed by atoms with Crippen molar-refractivity contribution in [1.82, 2.24) is 20.3 Å². The van der Waals surface area contributed by atoms with Gasteiger partial charge in [0, 0.05) is 24.2 Å². The summed E-state index contributed by atoms with van der Waals surface area (Å²) in [6.45, 7) is 4.05. The van der Waals surface area contributed by atoms with Crippen molar-refractivity contribution in [2.24, 2.45) is 5.73 Å². The van der Waals surface area contributed by atoms with Crippen LogP contribution in [0.1, 0.15) is 29.2 Å². The van der Waals surface area contributed by atoms with Crippen LogP contribution in [0.4, 0.5) is 5.69 Å². The van der Waals surface area contributed by atoms with E-state index in [1.165, 1.54) is 0 Å². The third-order valence-electron chi connectivity index (χ3n) is 6.53. The van der Waals surface area contributed by atoms with E-state index in [0.717, 1.165) is 4.68 Å². The van der Waals surface area contributed by atoms with E-state index in [4.69, 9.17) is 29.4 Å². The highest BCUT2D eigenvalue weighted by molar-refractivity contribution is 5.99. The number of nitrogens with one attached hydrogen (secondary N) is 2. The second-order valence-corrected chi connectivity index (χ2v) is 9.62. The number of primary amides is 1. The number of piperidine rings is 1. The molecule has 15 heteroatoms. The van der Waals surface area contributed by atoms with Gasteiger partial charge in [-0.2, -0.15) is 4.68 Å². The van der Waals surface area contributed by atoms with Crippen LogP contribution < -0.4 is 26.7 Å². The lowest BCUT2D eigenvalue weighted by molar-refractivity contribution is -0.136. The van der Waals surface area contributed by atoms with Crippen LogP contribution in [-0.2, 0) is 28.5 Å². The van der Waals surface area contributed by atoms with E-state index in [1.54, 1.807) is 42.5 Å². The average molecular weight is 613 g/mol. The molecule has 44 heavy (non-hydrogen) atoms. The van der Waals surface area contributed by atoms with Crippen LogP contribution in [0.3, 0.4) is 0 Å². The smallest absolute Gasteiger partial charge is 0.280 e. The highest BCUT2D eigenvalue weighted by Crippen LogP contribution is 2.20. The molecule has 0 radical (unpaired) electrons. The zero-order valence-corrected chi connectivity index (χ0v) is 24.2. The van der Waals surface area contributed by atoms with Gasteiger partial charge >= 0.3 is 0 Å². The molecule has 236 valence electrons. The van der Waals surface area contributed by atoms with E-state index in [0.29, 0.717) is 93.9 Å². The Morgan fingerprint density at radius 1 is 0.886 bits per heavy atom. The molecule has 1 saturated heterocycles. The summed E-state index contributed by atoms with van der Waals surface area (Å²) in [5.74, 6) is -0.789. The number of nitrogens with zero attached hydrogens (tertiary/aromatic N) is 3. The molecule has 1 atom stereocenters. The first kappa shape index (κ1) is 32.5. The number of rotatable bonds is 19. The van der Waals surface area contributed by atoms with Crippen molar-refractivity contribution < 1.29 is 38.1 Å². The lowest BCUT2D eigenvalue weighted by atomic mass is 10.1. The number of nitrogens with two attached hydrogens (primary N) is 1. The Morgan fingerprint density at radius 2 is 1.52 bits per heavy atom. The minimum absolute atomic E-state index is 0.127. The number of benzene rings is 2. The van der Waals surface area contributed by atoms with Crippen LogP contribution in [-0.4, -0.2) is 98.7 Å². The molecular formula is C29H36N6O9. The van der Waals surface area contributed by atoms with Crippen molar-refractivity contribution >= 4 is 34.3 Å². The third-order valence-corrected chi connectivity index (χ3v) is 6.53. The predicted octanol–water partition coefficient (Wildman–Crippen LogP) is 0.425. The molecule has 1 aliphatic heterocycles. The number of aromatic nitrogens is 3. The summed E-state index contributed by atoms with van der Waals surface area (Å²) >= 11 is 0. The number of anilines is 1. The van der Waals surface area contributed by atoms with Crippen molar-refractivity contribution in [3.05, 3.63) is 58.4 Å². The Hall–Kier alpha value is -4.44. The van der Waals surface area contributed by atoms with Crippen LogP contribution in [0, 0.1) is 0 Å². The zero-order valence-electron chi connectivity index (χ0n) is 24.2. The number of hydrogen-bond donors (Lipinski definition) is 3. The SMILES string of the molecule is NC(=O)c1ccc(OCCOCCOCCOCCOCCNc2cccc3nnn(C4CCC(=O)NC4=O)c(=O)c23)cc1. The molecule has 4 N–H and O–H groups in total. The monoisotopic (exact) mass is 612 g/mol. The van der Waals surface area contributed by atoms with Gasteiger partial charge in [-0.05, 0) is 42.8 Å². The fourth-order valence-corrected chi connectivity index (χ4v) is 4.32. The van der Waals surface area contributed by atoms with E-state index in [1.807, 2.05) is 0 Å². The molecule has 1 aliphatic rings. The fourth-order valence-electron chi connectivity index (χ4n) is 4.32. The van der Waals surface area contributed by atoms with Crippen LogP contribution in [0.15, 0.2) is 47.3 Å². The van der Waals surface area contributed by atoms with Crippen molar-refractivity contribution in [2.45, 2.75) is 18.9 Å². The summed E-state index contributed by atoms with van der Waals surface area (Å²) in [6.07, 6.45) is 0.314. The molecule has 1 unspecified atom stereocenters. The molecule has 0 saturated carbocycles. The van der Waals surface area contributed by atoms with Crippen LogP contribution in [0.5, 0.6) is 5.75 Å². The zero-order chi connectivity index (χ0) is 31.1. The maximum Gasteiger partial charge on any atom is 0.280 e. The minimum atomic E-state index is -0.889. The molecule has 15 nitrogen and oxygen atoms in total. The molecule has 3 amide bonds. The van der Waals surface area contributed by atoms with E-state index in [-0.39, 0.29) is 18.7 Å². The number of ether oxygens (including phenoxy) is 5. The molecule has 2 heterocycles. The molecule has 2 aromatic carbocycles. The topological polar surface area (TPSA) is 195 Å². The lowest BCUT2D eigenvalue weighted by Gasteiger charge is -2.21. The van der Waals surface area contributed by atoms with Crippen molar-refractivity contribution in [3.63, 3.8) is 0 Å². The molecule has 1 aromatic heterocycles. The van der Waals surface area contributed by atoms with Crippen LogP contribution in [0.2, 0.25) is 0 Å². The van der Waals surface area contributed by atoms with Gasteiger partial charge in [-0.15, -0.1) is 5.10 Å². The van der Waals surface area contributed by atoms with Crippen LogP contribution >= 0.6 is 0 Å². The van der Waals surface area contributed by atoms with Gasteiger partial charge in [-0.25, -0.2) is 0 Å². The minimum Gasteiger partial charge on any atom is -0.491 e. The van der Waals surface area contributed by atoms with E-state index in [9.17, 15) is 19.2 Å². The number of carbonyl (C=O) groups is 3. The summed E-state index contributed by atoms with van der Waals surface area (Å²) in [4.78, 5) is 48.0. The number of hydrogen-bond acceptors (Lipinski definition) is 12. The Morgan fingerprint density at radius 3 is 2.16 bits per heavy atom. The van der Waals surface area contributed by atoms with Gasteiger partial charge in [0.1, 0.15) is 23.9 Å². The van der Waals surface area contributed by atoms with E-state index in [2.05, 4.69) is 20.9 Å².